The van der Waals surface area contributed by atoms with Crippen molar-refractivity contribution in [3.63, 3.8) is 0 Å². The Hall–Kier alpha value is -3.56. The van der Waals surface area contributed by atoms with E-state index in [1.165, 1.54) is 18.8 Å². The number of aryl methyl sites for hydroxylation is 1. The number of oxazole rings is 1. The Morgan fingerprint density at radius 1 is 1.21 bits per heavy atom. The highest BCUT2D eigenvalue weighted by Gasteiger charge is 2.22. The smallest absolute Gasteiger partial charge is 0.230 e. The zero-order valence-electron chi connectivity index (χ0n) is 19.5. The number of carbonyl (C=O) groups excluding carboxylic acids is 1. The number of ether oxygens (including phenoxy) is 1. The SMILES string of the molecule is CCn1ncc2c(NC3CCOCC3)c(-c3nc(C(C)=O)co3)cnc21.NCc1ccccc1. The summed E-state index contributed by atoms with van der Waals surface area (Å²) in [4.78, 5) is 20.4. The largest absolute Gasteiger partial charge is 0.444 e. The van der Waals surface area contributed by atoms with Crippen LogP contribution in [0.4, 0.5) is 5.69 Å². The van der Waals surface area contributed by atoms with Gasteiger partial charge in [0.2, 0.25) is 5.89 Å². The van der Waals surface area contributed by atoms with E-state index in [-0.39, 0.29) is 5.78 Å². The number of carbonyl (C=O) groups is 1. The number of ketones is 1. The van der Waals surface area contributed by atoms with Crippen LogP contribution >= 0.6 is 0 Å². The van der Waals surface area contributed by atoms with Gasteiger partial charge in [-0.2, -0.15) is 5.10 Å². The zero-order chi connectivity index (χ0) is 23.9. The normalized spacial score (nSPS) is 14.0. The van der Waals surface area contributed by atoms with E-state index in [2.05, 4.69) is 20.4 Å². The van der Waals surface area contributed by atoms with Crippen LogP contribution in [-0.4, -0.2) is 44.8 Å². The van der Waals surface area contributed by atoms with Crippen molar-refractivity contribution in [3.05, 3.63) is 60.2 Å². The predicted octanol–water partition coefficient (Wildman–Crippen LogP) is 4.05. The third-order valence-corrected chi connectivity index (χ3v) is 5.71. The first-order valence-corrected chi connectivity index (χ1v) is 11.5. The van der Waals surface area contributed by atoms with E-state index in [1.807, 2.05) is 48.1 Å². The highest BCUT2D eigenvalue weighted by atomic mass is 16.5. The summed E-state index contributed by atoms with van der Waals surface area (Å²) in [6.45, 7) is 6.35. The Morgan fingerprint density at radius 2 is 1.97 bits per heavy atom. The molecule has 0 spiro atoms. The Bertz CT molecular complexity index is 1230. The molecule has 0 unspecified atom stereocenters. The molecule has 4 heterocycles. The van der Waals surface area contributed by atoms with Crippen molar-refractivity contribution in [2.75, 3.05) is 18.5 Å². The van der Waals surface area contributed by atoms with Crippen LogP contribution in [0.25, 0.3) is 22.5 Å². The second kappa shape index (κ2) is 11.0. The van der Waals surface area contributed by atoms with Crippen molar-refractivity contribution in [1.29, 1.82) is 0 Å². The van der Waals surface area contributed by atoms with Gasteiger partial charge in [-0.1, -0.05) is 30.3 Å². The van der Waals surface area contributed by atoms with Crippen molar-refractivity contribution >= 4 is 22.5 Å². The number of hydrogen-bond donors (Lipinski definition) is 2. The maximum absolute atomic E-state index is 11.6. The third kappa shape index (κ3) is 5.32. The number of aromatic nitrogens is 4. The summed E-state index contributed by atoms with van der Waals surface area (Å²) >= 11 is 0. The van der Waals surface area contributed by atoms with Crippen molar-refractivity contribution in [1.82, 2.24) is 19.7 Å². The lowest BCUT2D eigenvalue weighted by Crippen LogP contribution is -2.28. The molecule has 1 saturated heterocycles. The van der Waals surface area contributed by atoms with Crippen molar-refractivity contribution in [2.45, 2.75) is 45.8 Å². The number of benzene rings is 1. The van der Waals surface area contributed by atoms with Gasteiger partial charge in [0.1, 0.15) is 12.0 Å². The van der Waals surface area contributed by atoms with Crippen molar-refractivity contribution in [2.24, 2.45) is 5.73 Å². The molecule has 5 rings (SSSR count). The molecule has 3 aromatic heterocycles. The molecule has 0 aliphatic carbocycles. The summed E-state index contributed by atoms with van der Waals surface area (Å²) in [7, 11) is 0. The van der Waals surface area contributed by atoms with Gasteiger partial charge in [0.15, 0.2) is 11.4 Å². The first-order valence-electron chi connectivity index (χ1n) is 11.5. The first-order chi connectivity index (χ1) is 16.6. The molecule has 1 aliphatic heterocycles. The standard InChI is InChI=1S/C18H21N5O3.C7H9N/c1-3-23-17-13(9-20-23)16(21-12-4-6-25-7-5-12)14(8-19-17)18-22-15(10-26-18)11(2)24;8-6-7-4-2-1-3-5-7/h8-10,12H,3-7H2,1-2H3,(H,19,21);1-5H,6,8H2. The highest BCUT2D eigenvalue weighted by Crippen LogP contribution is 2.34. The molecule has 178 valence electrons. The number of Topliss-reactive ketones (excluding diaryl/α,β-unsaturated/α-hetero) is 1. The molecule has 0 saturated carbocycles. The average molecular weight is 463 g/mol. The fraction of sp³-hybridized carbons (Fsp3) is 0.360. The molecule has 1 aromatic carbocycles. The van der Waals surface area contributed by atoms with E-state index in [0.29, 0.717) is 24.2 Å². The van der Waals surface area contributed by atoms with Gasteiger partial charge in [0.25, 0.3) is 0 Å². The molecule has 1 aliphatic rings. The number of nitrogens with one attached hydrogen (secondary N) is 1. The summed E-state index contributed by atoms with van der Waals surface area (Å²) < 4.78 is 12.9. The second-order valence-corrected chi connectivity index (χ2v) is 8.06. The summed E-state index contributed by atoms with van der Waals surface area (Å²) in [6.07, 6.45) is 6.78. The number of pyridine rings is 1. The molecule has 0 amide bonds. The van der Waals surface area contributed by atoms with Crippen LogP contribution in [0.1, 0.15) is 42.7 Å². The molecule has 4 aromatic rings. The fourth-order valence-electron chi connectivity index (χ4n) is 3.80. The van der Waals surface area contributed by atoms with Crippen LogP contribution in [0.5, 0.6) is 0 Å². The Kier molecular flexibility index (Phi) is 7.66. The molecule has 0 atom stereocenters. The van der Waals surface area contributed by atoms with E-state index < -0.39 is 0 Å². The highest BCUT2D eigenvalue weighted by molar-refractivity contribution is 5.97. The van der Waals surface area contributed by atoms with E-state index in [4.69, 9.17) is 14.9 Å². The van der Waals surface area contributed by atoms with E-state index in [1.54, 1.807) is 6.20 Å². The summed E-state index contributed by atoms with van der Waals surface area (Å²) in [5.74, 6) is 0.246. The molecule has 9 heteroatoms. The van der Waals surface area contributed by atoms with Gasteiger partial charge in [-0.05, 0) is 25.3 Å². The Labute approximate surface area is 198 Å². The maximum atomic E-state index is 11.6. The number of hydrogen-bond acceptors (Lipinski definition) is 8. The number of nitrogens with zero attached hydrogens (tertiary/aromatic N) is 4. The number of anilines is 1. The van der Waals surface area contributed by atoms with Gasteiger partial charge in [-0.15, -0.1) is 0 Å². The summed E-state index contributed by atoms with van der Waals surface area (Å²) in [5, 5.41) is 8.94. The van der Waals surface area contributed by atoms with Gasteiger partial charge in [-0.3, -0.25) is 4.79 Å². The van der Waals surface area contributed by atoms with Gasteiger partial charge in [-0.25, -0.2) is 14.6 Å². The van der Waals surface area contributed by atoms with Crippen LogP contribution in [0.2, 0.25) is 0 Å². The predicted molar refractivity (Wildman–Crippen MR) is 131 cm³/mol. The minimum Gasteiger partial charge on any atom is -0.444 e. The van der Waals surface area contributed by atoms with Gasteiger partial charge in [0.05, 0.1) is 22.8 Å². The lowest BCUT2D eigenvalue weighted by atomic mass is 10.1. The maximum Gasteiger partial charge on any atom is 0.230 e. The summed E-state index contributed by atoms with van der Waals surface area (Å²) in [5.41, 5.74) is 9.27. The molecule has 0 bridgehead atoms. The van der Waals surface area contributed by atoms with Crippen LogP contribution < -0.4 is 11.1 Å². The number of rotatable bonds is 6. The lowest BCUT2D eigenvalue weighted by molar-refractivity contribution is 0.0905. The molecule has 9 nitrogen and oxygen atoms in total. The zero-order valence-corrected chi connectivity index (χ0v) is 19.5. The minimum absolute atomic E-state index is 0.133. The first kappa shape index (κ1) is 23.6. The molecule has 1 fully saturated rings. The molecule has 3 N–H and O–H groups in total. The van der Waals surface area contributed by atoms with Crippen LogP contribution in [0.15, 0.2) is 53.4 Å². The van der Waals surface area contributed by atoms with Crippen LogP contribution in [0.3, 0.4) is 0 Å². The van der Waals surface area contributed by atoms with Crippen LogP contribution in [-0.2, 0) is 17.8 Å². The van der Waals surface area contributed by atoms with Gasteiger partial charge in [0, 0.05) is 45.5 Å². The topological polar surface area (TPSA) is 121 Å². The molecule has 34 heavy (non-hydrogen) atoms. The Morgan fingerprint density at radius 3 is 2.59 bits per heavy atom. The minimum atomic E-state index is -0.133. The number of fused-ring (bicyclic) bond motifs is 1. The quantitative estimate of drug-likeness (QED) is 0.412. The molecular weight excluding hydrogens is 432 g/mol. The van der Waals surface area contributed by atoms with Gasteiger partial charge >= 0.3 is 0 Å². The average Bonchev–Trinajstić information content (AvgIpc) is 3.53. The lowest BCUT2D eigenvalue weighted by Gasteiger charge is -2.25. The van der Waals surface area contributed by atoms with E-state index in [0.717, 1.165) is 54.9 Å². The van der Waals surface area contributed by atoms with E-state index >= 15 is 0 Å². The van der Waals surface area contributed by atoms with Crippen molar-refractivity contribution in [3.8, 4) is 11.5 Å². The number of nitrogens with two attached hydrogens (primary N) is 1. The molecule has 0 radical (unpaired) electrons. The van der Waals surface area contributed by atoms with Crippen LogP contribution in [0, 0.1) is 0 Å². The second-order valence-electron chi connectivity index (χ2n) is 8.06. The van der Waals surface area contributed by atoms with E-state index in [9.17, 15) is 4.79 Å². The fourth-order valence-corrected chi connectivity index (χ4v) is 3.80. The third-order valence-electron chi connectivity index (χ3n) is 5.71. The monoisotopic (exact) mass is 462 g/mol. The Balaban J connectivity index is 0.000000291. The van der Waals surface area contributed by atoms with Crippen molar-refractivity contribution < 1.29 is 13.9 Å². The molecular formula is C25H30N6O3. The summed E-state index contributed by atoms with van der Waals surface area (Å²) in [6, 6.07) is 10.3. The van der Waals surface area contributed by atoms with Gasteiger partial charge < -0.3 is 20.2 Å².